The van der Waals surface area contributed by atoms with E-state index in [2.05, 4.69) is 15.0 Å². The Labute approximate surface area is 241 Å². The van der Waals surface area contributed by atoms with Crippen molar-refractivity contribution in [1.29, 1.82) is 0 Å². The Morgan fingerprint density at radius 3 is 2.70 bits per heavy atom. The van der Waals surface area contributed by atoms with Gasteiger partial charge in [0, 0.05) is 35.1 Å². The van der Waals surface area contributed by atoms with E-state index in [0.29, 0.717) is 36.4 Å². The van der Waals surface area contributed by atoms with Crippen LogP contribution in [0.4, 0.5) is 14.5 Å². The predicted octanol–water partition coefficient (Wildman–Crippen LogP) is 7.03. The van der Waals surface area contributed by atoms with Gasteiger partial charge >= 0.3 is 0 Å². The highest BCUT2D eigenvalue weighted by atomic mass is 35.5. The lowest BCUT2D eigenvalue weighted by molar-refractivity contribution is -0.129. The van der Waals surface area contributed by atoms with Crippen molar-refractivity contribution in [3.05, 3.63) is 70.4 Å². The molecule has 2 aromatic heterocycles. The summed E-state index contributed by atoms with van der Waals surface area (Å²) in [7, 11) is -2.59. The number of aromatic nitrogens is 3. The smallest absolute Gasteiger partial charge is 0.247 e. The minimum absolute atomic E-state index is 0.0616. The molecule has 11 heteroatoms. The lowest BCUT2D eigenvalue weighted by Crippen LogP contribution is -2.40. The third-order valence-electron chi connectivity index (χ3n) is 8.26. The minimum Gasteiger partial charge on any atom is -0.411 e. The number of rotatable bonds is 6. The number of H-pyrrole nitrogens is 1. The summed E-state index contributed by atoms with van der Waals surface area (Å²) in [6.45, 7) is 7.27. The number of nitrogens with one attached hydrogen (secondary N) is 1. The zero-order chi connectivity index (χ0) is 30.8. The second-order valence-corrected chi connectivity index (χ2v) is 17.0. The van der Waals surface area contributed by atoms with E-state index in [-0.39, 0.29) is 38.8 Å². The van der Waals surface area contributed by atoms with Gasteiger partial charge in [-0.2, -0.15) is 0 Å². The topological polar surface area (TPSA) is 97.1 Å². The molecule has 0 radical (unpaired) electrons. The van der Waals surface area contributed by atoms with Gasteiger partial charge < -0.3 is 20.0 Å². The molecule has 1 saturated heterocycles. The molecule has 4 heterocycles. The maximum atomic E-state index is 15.8. The zero-order valence-corrected chi connectivity index (χ0v) is 24.9. The number of fused-ring (bicyclic) bond motifs is 1. The number of aromatic amines is 1. The van der Waals surface area contributed by atoms with Gasteiger partial charge in [-0.05, 0) is 61.2 Å². The molecule has 3 N–H and O–H groups in total. The Morgan fingerprint density at radius 1 is 1.23 bits per heavy atom. The van der Waals surface area contributed by atoms with Gasteiger partial charge in [-0.3, -0.25) is 9.78 Å². The normalized spacial score (nSPS) is 20.8. The summed E-state index contributed by atoms with van der Waals surface area (Å²) in [5, 5.41) is -0.351. The summed E-state index contributed by atoms with van der Waals surface area (Å²) in [5.41, 5.74) is 6.89. The Hall–Kier alpha value is -3.08. The van der Waals surface area contributed by atoms with Gasteiger partial charge in [-0.15, -0.1) is 0 Å². The molecule has 2 aliphatic heterocycles. The number of amides is 1. The number of benzene rings is 1. The van der Waals surface area contributed by atoms with Crippen LogP contribution in [0.3, 0.4) is 0 Å². The van der Waals surface area contributed by atoms with E-state index in [1.807, 2.05) is 33.9 Å². The second kappa shape index (κ2) is 10.4. The molecule has 7 nitrogen and oxygen atoms in total. The number of carbonyl (C=O) groups is 1. The summed E-state index contributed by atoms with van der Waals surface area (Å²) in [6, 6.07) is 3.76. The fourth-order valence-electron chi connectivity index (χ4n) is 4.98. The van der Waals surface area contributed by atoms with Crippen LogP contribution >= 0.6 is 11.6 Å². The van der Waals surface area contributed by atoms with Crippen LogP contribution in [0.5, 0.6) is 0 Å². The van der Waals surface area contributed by atoms with Gasteiger partial charge in [0.05, 0.1) is 32.3 Å². The van der Waals surface area contributed by atoms with Gasteiger partial charge in [-0.25, -0.2) is 13.8 Å². The lowest BCUT2D eigenvalue weighted by atomic mass is 9.92. The number of nitrogen functional groups attached to an aromatic ring is 1. The Kier molecular flexibility index (Phi) is 6.72. The first kappa shape index (κ1) is 25.9. The monoisotopic (exact) mass is 587 g/mol. The summed E-state index contributed by atoms with van der Waals surface area (Å²) in [4.78, 5) is 26.6. The molecule has 212 valence electrons. The van der Waals surface area contributed by atoms with Gasteiger partial charge in [0.2, 0.25) is 5.91 Å². The van der Waals surface area contributed by atoms with Crippen molar-refractivity contribution in [3.8, 4) is 11.3 Å². The van der Waals surface area contributed by atoms with Crippen molar-refractivity contribution in [2.24, 2.45) is 0 Å². The fraction of sp³-hybridized carbons (Fsp3) is 0.414. The highest BCUT2D eigenvalue weighted by Crippen LogP contribution is 2.44. The van der Waals surface area contributed by atoms with Crippen LogP contribution in [-0.4, -0.2) is 40.1 Å². The average molecular weight is 588 g/mol. The molecule has 1 fully saturated rings. The van der Waals surface area contributed by atoms with E-state index in [1.54, 1.807) is 4.90 Å². The molecule has 1 unspecified atom stereocenters. The second-order valence-electron chi connectivity index (χ2n) is 11.9. The van der Waals surface area contributed by atoms with Crippen LogP contribution in [-0.2, 0) is 15.8 Å². The number of hydrogen-bond acceptors (Lipinski definition) is 5. The molecule has 0 aliphatic carbocycles. The third-order valence-corrected chi connectivity index (χ3v) is 12.8. The van der Waals surface area contributed by atoms with E-state index < -0.39 is 38.2 Å². The van der Waals surface area contributed by atoms with Gasteiger partial charge in [0.25, 0.3) is 0 Å². The standard InChI is InChI=1S/C29H34ClF2N5O2Si/c1-29(2,3)40(4,5)39-15-22-26(31)18(10-11-34-22)21-14-35-28(36-21)23-9-6-17-12-16(13-24(38)37(17)23)25-20(33)8-7-19(30)27(25)32/h7-8,10-11,13-14,17,23H,6,9,12,15,33H2,1-5H3,(H,35,36)/t17?,23-/m0/s1/i15D2. The molecule has 0 spiro atoms. The predicted molar refractivity (Wildman–Crippen MR) is 155 cm³/mol. The molecular formula is C29H34ClF2N5O2Si. The number of carbonyl (C=O) groups excluding carboxylic acids is 1. The Morgan fingerprint density at radius 2 is 1.98 bits per heavy atom. The molecule has 2 aliphatic rings. The van der Waals surface area contributed by atoms with Crippen molar-refractivity contribution < 1.29 is 20.7 Å². The number of nitrogens with zero attached hydrogens (tertiary/aromatic N) is 3. The van der Waals surface area contributed by atoms with Crippen molar-refractivity contribution in [3.63, 3.8) is 0 Å². The van der Waals surface area contributed by atoms with Gasteiger partial charge in [0.15, 0.2) is 20.0 Å². The molecular weight excluding hydrogens is 552 g/mol. The number of hydrogen-bond donors (Lipinski definition) is 2. The maximum absolute atomic E-state index is 15.8. The number of nitrogens with two attached hydrogens (primary N) is 1. The van der Waals surface area contributed by atoms with Crippen LogP contribution in [0, 0.1) is 11.6 Å². The number of imidazole rings is 1. The highest BCUT2D eigenvalue weighted by Gasteiger charge is 2.42. The SMILES string of the molecule is [2H]C([2H])(O[Si](C)(C)C(C)(C)C)c1nccc(-c2cnc([C@@H]3CCC4CC(c5c(N)ccc(Cl)c5F)=CC(=O)N43)[nH]2)c1F. The molecule has 2 atom stereocenters. The fourth-order valence-corrected chi connectivity index (χ4v) is 5.80. The molecule has 0 bridgehead atoms. The van der Waals surface area contributed by atoms with E-state index in [1.165, 1.54) is 36.7 Å². The Bertz CT molecular complexity index is 1590. The molecule has 1 amide bonds. The zero-order valence-electron chi connectivity index (χ0n) is 25.1. The number of anilines is 1. The van der Waals surface area contributed by atoms with Crippen LogP contribution in [0.25, 0.3) is 16.8 Å². The van der Waals surface area contributed by atoms with E-state index >= 15 is 4.39 Å². The van der Waals surface area contributed by atoms with Crippen molar-refractivity contribution in [1.82, 2.24) is 19.9 Å². The van der Waals surface area contributed by atoms with Crippen molar-refractivity contribution >= 4 is 37.1 Å². The van der Waals surface area contributed by atoms with E-state index in [9.17, 15) is 9.18 Å². The largest absolute Gasteiger partial charge is 0.411 e. The first-order valence-corrected chi connectivity index (χ1v) is 16.5. The molecule has 40 heavy (non-hydrogen) atoms. The van der Waals surface area contributed by atoms with E-state index in [4.69, 9.17) is 24.5 Å². The maximum Gasteiger partial charge on any atom is 0.247 e. The number of halogens is 3. The lowest BCUT2D eigenvalue weighted by Gasteiger charge is -2.36. The molecule has 5 rings (SSSR count). The summed E-state index contributed by atoms with van der Waals surface area (Å²) in [6.07, 6.45) is 5.86. The molecule has 1 aromatic carbocycles. The van der Waals surface area contributed by atoms with Crippen LogP contribution in [0.1, 0.15) is 65.9 Å². The third kappa shape index (κ3) is 5.08. The van der Waals surface area contributed by atoms with Gasteiger partial charge in [-0.1, -0.05) is 32.4 Å². The van der Waals surface area contributed by atoms with E-state index in [0.717, 1.165) is 0 Å². The number of pyridine rings is 1. The van der Waals surface area contributed by atoms with Gasteiger partial charge in [0.1, 0.15) is 11.5 Å². The molecule has 3 aromatic rings. The van der Waals surface area contributed by atoms with Crippen molar-refractivity contribution in [2.75, 3.05) is 5.73 Å². The summed E-state index contributed by atoms with van der Waals surface area (Å²) >= 11 is 5.98. The van der Waals surface area contributed by atoms with Crippen LogP contribution in [0.2, 0.25) is 23.2 Å². The Balaban J connectivity index is 1.41. The minimum atomic E-state index is -2.59. The first-order chi connectivity index (χ1) is 19.5. The summed E-state index contributed by atoms with van der Waals surface area (Å²) < 4.78 is 53.7. The highest BCUT2D eigenvalue weighted by molar-refractivity contribution is 6.74. The first-order valence-electron chi connectivity index (χ1n) is 14.2. The average Bonchev–Trinajstić information content (AvgIpc) is 3.53. The quantitative estimate of drug-likeness (QED) is 0.238. The molecule has 0 saturated carbocycles. The van der Waals surface area contributed by atoms with Crippen molar-refractivity contribution in [2.45, 2.75) is 76.8 Å². The van der Waals surface area contributed by atoms with Crippen LogP contribution in [0.15, 0.2) is 36.7 Å². The van der Waals surface area contributed by atoms with Crippen LogP contribution < -0.4 is 5.73 Å². The summed E-state index contributed by atoms with van der Waals surface area (Å²) in [5.74, 6) is -1.31.